The number of amides is 2. The summed E-state index contributed by atoms with van der Waals surface area (Å²) in [6, 6.07) is 7.65. The van der Waals surface area contributed by atoms with Crippen molar-refractivity contribution in [1.29, 1.82) is 0 Å². The fraction of sp³-hybridized carbons (Fsp3) is 0.300. The normalized spacial score (nSPS) is 12.0. The van der Waals surface area contributed by atoms with Crippen LogP contribution in [0, 0.1) is 0 Å². The molecule has 0 saturated carbocycles. The Morgan fingerprint density at radius 2 is 1.48 bits per heavy atom. The number of carbonyl (C=O) groups is 2. The summed E-state index contributed by atoms with van der Waals surface area (Å²) in [7, 11) is 1.46. The van der Waals surface area contributed by atoms with E-state index in [2.05, 4.69) is 10.9 Å². The fourth-order valence-corrected chi connectivity index (χ4v) is 3.64. The standard InChI is InChI=1S/C20H20Cl4N2O5/c1-20(2,3)31-19(28)26-25-18(27)30-17(12-6-5-10(21)7-13(12)22)16-14(23)8-11(29-4)9-15(16)24/h5-9,17H,1-4H3,(H,25,27)(H,26,28)/t17-/m1/s1. The van der Waals surface area contributed by atoms with E-state index in [0.717, 1.165) is 0 Å². The maximum absolute atomic E-state index is 12.4. The van der Waals surface area contributed by atoms with Gasteiger partial charge in [-0.05, 0) is 45.0 Å². The zero-order valence-corrected chi connectivity index (χ0v) is 20.0. The summed E-state index contributed by atoms with van der Waals surface area (Å²) in [4.78, 5) is 24.2. The van der Waals surface area contributed by atoms with E-state index in [1.165, 1.54) is 25.3 Å². The topological polar surface area (TPSA) is 85.9 Å². The summed E-state index contributed by atoms with van der Waals surface area (Å²) in [5.41, 5.74) is 4.08. The smallest absolute Gasteiger partial charge is 0.427 e. The maximum Gasteiger partial charge on any atom is 0.427 e. The summed E-state index contributed by atoms with van der Waals surface area (Å²) in [5.74, 6) is 0.413. The highest BCUT2D eigenvalue weighted by Crippen LogP contribution is 2.41. The third-order valence-corrected chi connectivity index (χ3v) is 4.87. The number of hydrazine groups is 1. The van der Waals surface area contributed by atoms with Gasteiger partial charge in [-0.15, -0.1) is 0 Å². The highest BCUT2D eigenvalue weighted by Gasteiger charge is 2.28. The average molecular weight is 510 g/mol. The lowest BCUT2D eigenvalue weighted by molar-refractivity contribution is 0.0475. The Labute approximate surface area is 199 Å². The molecule has 0 fully saturated rings. The quantitative estimate of drug-likeness (QED) is 0.455. The van der Waals surface area contributed by atoms with E-state index in [0.29, 0.717) is 16.3 Å². The Bertz CT molecular complexity index is 956. The molecule has 2 aromatic rings. The number of hydrogen-bond donors (Lipinski definition) is 2. The van der Waals surface area contributed by atoms with Gasteiger partial charge in [0.25, 0.3) is 0 Å². The van der Waals surface area contributed by atoms with E-state index < -0.39 is 23.9 Å². The minimum absolute atomic E-state index is 0.174. The molecule has 168 valence electrons. The van der Waals surface area contributed by atoms with Gasteiger partial charge in [-0.25, -0.2) is 20.4 Å². The molecule has 2 aromatic carbocycles. The van der Waals surface area contributed by atoms with Gasteiger partial charge in [0.1, 0.15) is 11.4 Å². The molecule has 0 radical (unpaired) electrons. The SMILES string of the molecule is COc1cc(Cl)c([C@H](OC(=O)NNC(=O)OC(C)(C)C)c2ccc(Cl)cc2Cl)c(Cl)c1. The largest absolute Gasteiger partial charge is 0.497 e. The molecule has 0 saturated heterocycles. The summed E-state index contributed by atoms with van der Waals surface area (Å²) < 4.78 is 15.7. The van der Waals surface area contributed by atoms with Crippen molar-refractivity contribution in [2.24, 2.45) is 0 Å². The second-order valence-corrected chi connectivity index (χ2v) is 8.87. The van der Waals surface area contributed by atoms with E-state index in [1.54, 1.807) is 32.9 Å². The van der Waals surface area contributed by atoms with E-state index in [-0.39, 0.29) is 20.6 Å². The molecule has 0 bridgehead atoms. The first-order chi connectivity index (χ1) is 14.4. The van der Waals surface area contributed by atoms with Gasteiger partial charge in [-0.1, -0.05) is 52.5 Å². The Hall–Kier alpha value is -2.06. The number of hydrogen-bond acceptors (Lipinski definition) is 5. The van der Waals surface area contributed by atoms with Crippen molar-refractivity contribution in [2.45, 2.75) is 32.5 Å². The number of rotatable bonds is 4. The highest BCUT2D eigenvalue weighted by molar-refractivity contribution is 6.37. The third-order valence-electron chi connectivity index (χ3n) is 3.69. The number of nitrogens with one attached hydrogen (secondary N) is 2. The van der Waals surface area contributed by atoms with Gasteiger partial charge in [0.15, 0.2) is 6.10 Å². The zero-order valence-electron chi connectivity index (χ0n) is 17.0. The van der Waals surface area contributed by atoms with Gasteiger partial charge in [-0.3, -0.25) is 0 Å². The molecule has 0 aliphatic rings. The number of benzene rings is 2. The van der Waals surface area contributed by atoms with E-state index in [1.807, 2.05) is 0 Å². The number of ether oxygens (including phenoxy) is 3. The molecule has 2 rings (SSSR count). The predicted octanol–water partition coefficient (Wildman–Crippen LogP) is 6.56. The van der Waals surface area contributed by atoms with Crippen LogP contribution in [0.2, 0.25) is 20.1 Å². The molecule has 7 nitrogen and oxygen atoms in total. The second kappa shape index (κ2) is 10.5. The zero-order chi connectivity index (χ0) is 23.3. The molecule has 0 spiro atoms. The Kier molecular flexibility index (Phi) is 8.54. The van der Waals surface area contributed by atoms with Crippen molar-refractivity contribution in [3.05, 3.63) is 61.5 Å². The van der Waals surface area contributed by atoms with Gasteiger partial charge >= 0.3 is 12.2 Å². The molecule has 0 heterocycles. The van der Waals surface area contributed by atoms with Crippen molar-refractivity contribution in [3.63, 3.8) is 0 Å². The van der Waals surface area contributed by atoms with E-state index in [4.69, 9.17) is 60.6 Å². The van der Waals surface area contributed by atoms with Crippen LogP contribution in [0.15, 0.2) is 30.3 Å². The van der Waals surface area contributed by atoms with Crippen LogP contribution in [-0.4, -0.2) is 24.9 Å². The summed E-state index contributed by atoms with van der Waals surface area (Å²) in [6.07, 6.45) is -3.01. The van der Waals surface area contributed by atoms with Gasteiger partial charge in [0.05, 0.1) is 17.2 Å². The highest BCUT2D eigenvalue weighted by atomic mass is 35.5. The van der Waals surface area contributed by atoms with Crippen LogP contribution in [0.1, 0.15) is 38.0 Å². The molecule has 2 N–H and O–H groups in total. The van der Waals surface area contributed by atoms with Crippen LogP contribution in [0.3, 0.4) is 0 Å². The molecule has 0 aliphatic heterocycles. The van der Waals surface area contributed by atoms with Crippen molar-refractivity contribution >= 4 is 58.6 Å². The average Bonchev–Trinajstić information content (AvgIpc) is 2.63. The molecule has 0 unspecified atom stereocenters. The van der Waals surface area contributed by atoms with Gasteiger partial charge in [0.2, 0.25) is 0 Å². The van der Waals surface area contributed by atoms with Gasteiger partial charge in [-0.2, -0.15) is 0 Å². The Balaban J connectivity index is 2.34. The molecule has 2 amide bonds. The van der Waals surface area contributed by atoms with E-state index in [9.17, 15) is 9.59 Å². The first kappa shape index (κ1) is 25.2. The second-order valence-electron chi connectivity index (χ2n) is 7.21. The maximum atomic E-state index is 12.4. The van der Waals surface area contributed by atoms with E-state index >= 15 is 0 Å². The molecular formula is C20H20Cl4N2O5. The van der Waals surface area contributed by atoms with Crippen LogP contribution in [0.5, 0.6) is 5.75 Å². The van der Waals surface area contributed by atoms with Crippen LogP contribution < -0.4 is 15.6 Å². The lowest BCUT2D eigenvalue weighted by Gasteiger charge is -2.23. The van der Waals surface area contributed by atoms with Crippen LogP contribution in [0.25, 0.3) is 0 Å². The molecule has 11 heteroatoms. The first-order valence-electron chi connectivity index (χ1n) is 8.84. The molecule has 1 atom stereocenters. The minimum atomic E-state index is -1.13. The number of methoxy groups -OCH3 is 1. The van der Waals surface area contributed by atoms with Crippen LogP contribution in [-0.2, 0) is 9.47 Å². The monoisotopic (exact) mass is 508 g/mol. The van der Waals surface area contributed by atoms with Crippen molar-refractivity contribution in [1.82, 2.24) is 10.9 Å². The van der Waals surface area contributed by atoms with Crippen molar-refractivity contribution in [2.75, 3.05) is 7.11 Å². The van der Waals surface area contributed by atoms with Gasteiger partial charge < -0.3 is 14.2 Å². The lowest BCUT2D eigenvalue weighted by atomic mass is 10.0. The van der Waals surface area contributed by atoms with Crippen molar-refractivity contribution < 1.29 is 23.8 Å². The van der Waals surface area contributed by atoms with Crippen LogP contribution >= 0.6 is 46.4 Å². The van der Waals surface area contributed by atoms with Crippen molar-refractivity contribution in [3.8, 4) is 5.75 Å². The molecule has 0 aliphatic carbocycles. The van der Waals surface area contributed by atoms with Gasteiger partial charge in [0, 0.05) is 21.2 Å². The first-order valence-corrected chi connectivity index (χ1v) is 10.4. The summed E-state index contributed by atoms with van der Waals surface area (Å²) >= 11 is 25.1. The lowest BCUT2D eigenvalue weighted by Crippen LogP contribution is -2.44. The third kappa shape index (κ3) is 7.25. The number of carbonyl (C=O) groups excluding carboxylic acids is 2. The molecule has 31 heavy (non-hydrogen) atoms. The fourth-order valence-electron chi connectivity index (χ4n) is 2.46. The summed E-state index contributed by atoms with van der Waals surface area (Å²) in [6.45, 7) is 5.03. The molecular weight excluding hydrogens is 490 g/mol. The minimum Gasteiger partial charge on any atom is -0.497 e. The Morgan fingerprint density at radius 1 is 0.903 bits per heavy atom. The summed E-state index contributed by atoms with van der Waals surface area (Å²) in [5, 5.41) is 0.949. The Morgan fingerprint density at radius 3 is 2.00 bits per heavy atom. The number of halogens is 4. The van der Waals surface area contributed by atoms with Crippen LogP contribution in [0.4, 0.5) is 9.59 Å². The molecule has 0 aromatic heterocycles. The predicted molar refractivity (Wildman–Crippen MR) is 120 cm³/mol.